The van der Waals surface area contributed by atoms with Gasteiger partial charge in [-0.15, -0.1) is 11.3 Å². The van der Waals surface area contributed by atoms with Gasteiger partial charge in [-0.25, -0.2) is 10.4 Å². The highest BCUT2D eigenvalue weighted by molar-refractivity contribution is 7.10. The van der Waals surface area contributed by atoms with Gasteiger partial charge in [-0.3, -0.25) is 19.6 Å². The van der Waals surface area contributed by atoms with Crippen LogP contribution in [-0.2, 0) is 38.4 Å². The molecular formula is C36H47N7O4S. The van der Waals surface area contributed by atoms with Crippen LogP contribution in [0, 0.1) is 5.41 Å². The van der Waals surface area contributed by atoms with Gasteiger partial charge >= 0.3 is 5.97 Å². The van der Waals surface area contributed by atoms with E-state index in [1.54, 1.807) is 7.11 Å². The predicted octanol–water partition coefficient (Wildman–Crippen LogP) is 4.63. The average Bonchev–Trinajstić information content (AvgIpc) is 3.70. The van der Waals surface area contributed by atoms with Gasteiger partial charge in [0.15, 0.2) is 0 Å². The zero-order chi connectivity index (χ0) is 34.0. The number of nitrogens with zero attached hydrogens (tertiary/aromatic N) is 4. The van der Waals surface area contributed by atoms with Crippen molar-refractivity contribution in [3.05, 3.63) is 58.2 Å². The number of nitrogens with two attached hydrogens (primary N) is 1. The van der Waals surface area contributed by atoms with Crippen LogP contribution in [0.5, 0.6) is 0 Å². The number of rotatable bonds is 7. The number of hydrogen-bond donors (Lipinski definition) is 3. The molecular weight excluding hydrogens is 627 g/mol. The molecule has 1 unspecified atom stereocenters. The number of ether oxygens (including phenoxy) is 2. The highest BCUT2D eigenvalue weighted by Gasteiger charge is 2.35. The van der Waals surface area contributed by atoms with E-state index in [4.69, 9.17) is 25.2 Å². The Hall–Kier alpha value is -3.68. The summed E-state index contributed by atoms with van der Waals surface area (Å²) in [7, 11) is 3.65. The summed E-state index contributed by atoms with van der Waals surface area (Å²) in [5, 5.41) is 8.75. The molecule has 1 saturated heterocycles. The summed E-state index contributed by atoms with van der Waals surface area (Å²) < 4.78 is 14.3. The van der Waals surface area contributed by atoms with Gasteiger partial charge in [0.2, 0.25) is 0 Å². The zero-order valence-electron chi connectivity index (χ0n) is 28.5. The average molecular weight is 674 g/mol. The molecule has 2 aliphatic rings. The first-order valence-electron chi connectivity index (χ1n) is 16.9. The van der Waals surface area contributed by atoms with Gasteiger partial charge in [0.1, 0.15) is 6.04 Å². The second-order valence-electron chi connectivity index (χ2n) is 13.3. The number of esters is 1. The van der Waals surface area contributed by atoms with Gasteiger partial charge in [0.05, 0.1) is 40.8 Å². The number of benzene rings is 1. The summed E-state index contributed by atoms with van der Waals surface area (Å²) in [5.41, 5.74) is 16.3. The second-order valence-corrected chi connectivity index (χ2v) is 14.3. The number of hydrogen-bond acceptors (Lipinski definition) is 10. The summed E-state index contributed by atoms with van der Waals surface area (Å²) >= 11 is 1.51. The Bertz CT molecular complexity index is 1790. The number of fused-ring (bicyclic) bond motifs is 6. The molecule has 0 radical (unpaired) electrons. The SMILES string of the molecule is CCn1c(-c2cccnc2[C@H](C)OC)c2c3cc(ccc31)-c1csc(n1)C[C@H](N)C(=O)N1CCC[C@H](N1)C(=O)OCC(C)(CCNC)C2. The lowest BCUT2D eigenvalue weighted by molar-refractivity contribution is -0.155. The Morgan fingerprint density at radius 2 is 2.12 bits per heavy atom. The second kappa shape index (κ2) is 14.4. The fourth-order valence-corrected chi connectivity index (χ4v) is 7.85. The smallest absolute Gasteiger partial charge is 0.324 e. The van der Waals surface area contributed by atoms with Crippen LogP contribution in [0.1, 0.15) is 62.4 Å². The van der Waals surface area contributed by atoms with Crippen LogP contribution in [-0.4, -0.2) is 77.4 Å². The van der Waals surface area contributed by atoms with Crippen molar-refractivity contribution in [3.63, 3.8) is 0 Å². The number of nitrogens with one attached hydrogen (secondary N) is 2. The van der Waals surface area contributed by atoms with Crippen LogP contribution in [0.4, 0.5) is 0 Å². The van der Waals surface area contributed by atoms with E-state index in [2.05, 4.69) is 53.4 Å². The summed E-state index contributed by atoms with van der Waals surface area (Å²) in [4.78, 5) is 36.7. The Balaban J connectivity index is 1.55. The number of aryl methyl sites for hydroxylation is 1. The van der Waals surface area contributed by atoms with Crippen molar-refractivity contribution in [1.29, 1.82) is 0 Å². The highest BCUT2D eigenvalue weighted by atomic mass is 32.1. The third-order valence-corrected chi connectivity index (χ3v) is 10.6. The monoisotopic (exact) mass is 673 g/mol. The summed E-state index contributed by atoms with van der Waals surface area (Å²) in [6, 6.07) is 9.22. The van der Waals surface area contributed by atoms with Crippen LogP contribution >= 0.6 is 11.3 Å². The van der Waals surface area contributed by atoms with Gasteiger partial charge in [0.25, 0.3) is 5.91 Å². The first kappa shape index (κ1) is 34.2. The van der Waals surface area contributed by atoms with Gasteiger partial charge in [-0.2, -0.15) is 0 Å². The van der Waals surface area contributed by atoms with Crippen molar-refractivity contribution < 1.29 is 19.1 Å². The Labute approximate surface area is 286 Å². The number of cyclic esters (lactones) is 1. The molecule has 6 rings (SSSR count). The lowest BCUT2D eigenvalue weighted by Crippen LogP contribution is -2.59. The van der Waals surface area contributed by atoms with E-state index in [0.717, 1.165) is 63.6 Å². The number of hydrazine groups is 1. The molecule has 2 aliphatic heterocycles. The lowest BCUT2D eigenvalue weighted by atomic mass is 9.79. The van der Waals surface area contributed by atoms with Gasteiger partial charge < -0.3 is 25.1 Å². The van der Waals surface area contributed by atoms with Crippen molar-refractivity contribution in [2.75, 3.05) is 33.9 Å². The van der Waals surface area contributed by atoms with Crippen LogP contribution in [0.15, 0.2) is 41.9 Å². The number of amides is 1. The Kier molecular flexibility index (Phi) is 10.3. The van der Waals surface area contributed by atoms with E-state index in [0.29, 0.717) is 32.2 Å². The summed E-state index contributed by atoms with van der Waals surface area (Å²) in [6.07, 6.45) is 4.60. The molecule has 5 heterocycles. The van der Waals surface area contributed by atoms with E-state index >= 15 is 0 Å². The molecule has 0 spiro atoms. The molecule has 0 aliphatic carbocycles. The molecule has 256 valence electrons. The zero-order valence-corrected chi connectivity index (χ0v) is 29.4. The lowest BCUT2D eigenvalue weighted by Gasteiger charge is -2.35. The van der Waals surface area contributed by atoms with E-state index in [1.807, 2.05) is 31.6 Å². The number of carbonyl (C=O) groups excluding carboxylic acids is 2. The first-order chi connectivity index (χ1) is 23.2. The molecule has 11 nitrogen and oxygen atoms in total. The molecule has 48 heavy (non-hydrogen) atoms. The molecule has 12 heteroatoms. The van der Waals surface area contributed by atoms with Crippen LogP contribution in [0.25, 0.3) is 33.4 Å². The quantitative estimate of drug-likeness (QED) is 0.240. The van der Waals surface area contributed by atoms with Crippen molar-refractivity contribution >= 4 is 34.1 Å². The molecule has 4 atom stereocenters. The van der Waals surface area contributed by atoms with Gasteiger partial charge in [0, 0.05) is 65.6 Å². The fourth-order valence-electron chi connectivity index (χ4n) is 6.99. The van der Waals surface area contributed by atoms with Crippen LogP contribution in [0.2, 0.25) is 0 Å². The van der Waals surface area contributed by atoms with E-state index in [9.17, 15) is 9.59 Å². The number of thiazole rings is 1. The third-order valence-electron chi connectivity index (χ3n) is 9.76. The van der Waals surface area contributed by atoms with Crippen molar-refractivity contribution in [2.24, 2.45) is 11.1 Å². The Morgan fingerprint density at radius 3 is 2.90 bits per heavy atom. The number of carbonyl (C=O) groups is 2. The van der Waals surface area contributed by atoms with E-state index < -0.39 is 17.5 Å². The maximum absolute atomic E-state index is 13.6. The number of aromatic nitrogens is 3. The molecule has 4 aromatic rings. The van der Waals surface area contributed by atoms with E-state index in [1.165, 1.54) is 21.9 Å². The number of methoxy groups -OCH3 is 1. The first-order valence-corrected chi connectivity index (χ1v) is 17.8. The van der Waals surface area contributed by atoms with Gasteiger partial charge in [-0.1, -0.05) is 13.0 Å². The van der Waals surface area contributed by atoms with Gasteiger partial charge in [-0.05, 0) is 83.0 Å². The summed E-state index contributed by atoms with van der Waals surface area (Å²) in [5.74, 6) is -0.606. The molecule has 1 aromatic carbocycles. The van der Waals surface area contributed by atoms with Crippen molar-refractivity contribution in [1.82, 2.24) is 30.3 Å². The molecule has 6 bridgehead atoms. The predicted molar refractivity (Wildman–Crippen MR) is 188 cm³/mol. The summed E-state index contributed by atoms with van der Waals surface area (Å²) in [6.45, 7) is 8.59. The maximum atomic E-state index is 13.6. The maximum Gasteiger partial charge on any atom is 0.324 e. The minimum Gasteiger partial charge on any atom is -0.464 e. The highest BCUT2D eigenvalue weighted by Crippen LogP contribution is 2.42. The number of pyridine rings is 1. The molecule has 1 amide bonds. The minimum atomic E-state index is -0.784. The largest absolute Gasteiger partial charge is 0.464 e. The van der Waals surface area contributed by atoms with Crippen LogP contribution in [0.3, 0.4) is 0 Å². The molecule has 0 saturated carbocycles. The molecule has 4 N–H and O–H groups in total. The topological polar surface area (TPSA) is 137 Å². The fraction of sp³-hybridized carbons (Fsp3) is 0.500. The Morgan fingerprint density at radius 1 is 1.29 bits per heavy atom. The minimum absolute atomic E-state index is 0.211. The normalized spacial score (nSPS) is 22.8. The van der Waals surface area contributed by atoms with Crippen molar-refractivity contribution in [3.8, 4) is 22.5 Å². The van der Waals surface area contributed by atoms with E-state index in [-0.39, 0.29) is 24.6 Å². The standard InChI is InChI=1S/C36H47N7O4S/c1-6-42-30-12-11-23-17-25(30)26(33(42)24-9-7-14-39-32(24)22(2)46-5)19-36(3,13-15-38-4)21-47-35(45)28-10-8-16-43(41-28)34(44)27(37)18-31-40-29(23)20-48-31/h7,9,11-12,14,17,20,22,27-28,38,41H,6,8,10,13,15-16,18-19,21,37H2,1-5H3/t22-,27-,28-,36?/m0/s1. The van der Waals surface area contributed by atoms with Crippen molar-refractivity contribution in [2.45, 2.75) is 77.6 Å². The molecule has 3 aromatic heterocycles. The third kappa shape index (κ3) is 6.77. The molecule has 1 fully saturated rings. The van der Waals surface area contributed by atoms with Crippen LogP contribution < -0.4 is 16.5 Å².